The van der Waals surface area contributed by atoms with Crippen LogP contribution in [-0.2, 0) is 0 Å². The van der Waals surface area contributed by atoms with Gasteiger partial charge in [-0.1, -0.05) is 78.3 Å². The van der Waals surface area contributed by atoms with Gasteiger partial charge in [0.25, 0.3) is 0 Å². The van der Waals surface area contributed by atoms with E-state index in [4.69, 9.17) is 11.6 Å². The summed E-state index contributed by atoms with van der Waals surface area (Å²) in [6.07, 6.45) is 0. The molecule has 0 aliphatic rings. The number of hydrogen-bond donors (Lipinski definition) is 0. The van der Waals surface area contributed by atoms with Crippen molar-refractivity contribution < 1.29 is 4.79 Å². The van der Waals surface area contributed by atoms with Crippen LogP contribution in [0.5, 0.6) is 0 Å². The zero-order valence-corrected chi connectivity index (χ0v) is 13.9. The Morgan fingerprint density at radius 3 is 2.18 bits per heavy atom. The molecule has 3 rings (SSSR count). The van der Waals surface area contributed by atoms with Crippen molar-refractivity contribution >= 4 is 33.3 Å². The molecule has 0 atom stereocenters. The quantitative estimate of drug-likeness (QED) is 0.516. The summed E-state index contributed by atoms with van der Waals surface area (Å²) in [7, 11) is 0. The molecule has 0 heterocycles. The van der Waals surface area contributed by atoms with Gasteiger partial charge in [0.15, 0.2) is 5.78 Å². The zero-order chi connectivity index (χ0) is 15.5. The van der Waals surface area contributed by atoms with Gasteiger partial charge in [0.2, 0.25) is 0 Å². The van der Waals surface area contributed by atoms with Gasteiger partial charge in [0, 0.05) is 21.2 Å². The van der Waals surface area contributed by atoms with Gasteiger partial charge in [-0.3, -0.25) is 4.79 Å². The van der Waals surface area contributed by atoms with E-state index in [0.717, 1.165) is 15.6 Å². The van der Waals surface area contributed by atoms with E-state index < -0.39 is 0 Å². The number of rotatable bonds is 3. The van der Waals surface area contributed by atoms with E-state index in [1.807, 2.05) is 72.8 Å². The maximum atomic E-state index is 12.8. The maximum Gasteiger partial charge on any atom is 0.193 e. The lowest BCUT2D eigenvalue weighted by atomic mass is 9.94. The second-order valence-corrected chi connectivity index (χ2v) is 6.07. The summed E-state index contributed by atoms with van der Waals surface area (Å²) < 4.78 is 0.814. The van der Waals surface area contributed by atoms with Crippen LogP contribution in [0.15, 0.2) is 77.3 Å². The number of halogens is 2. The molecule has 0 bridgehead atoms. The molecule has 0 aliphatic carbocycles. The molecule has 0 saturated heterocycles. The average molecular weight is 372 g/mol. The molecule has 0 unspecified atom stereocenters. The average Bonchev–Trinajstić information content (AvgIpc) is 2.57. The first-order chi connectivity index (χ1) is 10.7. The number of carbonyl (C=O) groups excluding carboxylic acids is 1. The predicted molar refractivity (Wildman–Crippen MR) is 94.5 cm³/mol. The minimum Gasteiger partial charge on any atom is -0.289 e. The molecule has 3 aromatic carbocycles. The summed E-state index contributed by atoms with van der Waals surface area (Å²) in [5.74, 6) is -0.00718. The van der Waals surface area contributed by atoms with Gasteiger partial charge in [-0.15, -0.1) is 0 Å². The summed E-state index contributed by atoms with van der Waals surface area (Å²) >= 11 is 9.83. The first-order valence-corrected chi connectivity index (χ1v) is 7.99. The SMILES string of the molecule is O=C(c1ccccc1)c1ccccc1-c1cccc(Br)c1Cl. The van der Waals surface area contributed by atoms with Gasteiger partial charge in [-0.25, -0.2) is 0 Å². The summed E-state index contributed by atoms with van der Waals surface area (Å²) in [6, 6.07) is 22.5. The standard InChI is InChI=1S/C19H12BrClO/c20-17-12-6-11-15(18(17)21)14-9-4-5-10-16(14)19(22)13-7-2-1-3-8-13/h1-12H. The smallest absolute Gasteiger partial charge is 0.193 e. The monoisotopic (exact) mass is 370 g/mol. The highest BCUT2D eigenvalue weighted by atomic mass is 79.9. The van der Waals surface area contributed by atoms with Gasteiger partial charge >= 0.3 is 0 Å². The molecule has 0 amide bonds. The minimum absolute atomic E-state index is 0.00718. The van der Waals surface area contributed by atoms with Crippen molar-refractivity contribution in [1.82, 2.24) is 0 Å². The third-order valence-electron chi connectivity index (χ3n) is 3.45. The van der Waals surface area contributed by atoms with Crippen LogP contribution in [0.3, 0.4) is 0 Å². The highest BCUT2D eigenvalue weighted by Gasteiger charge is 2.16. The molecular weight excluding hydrogens is 360 g/mol. The third-order valence-corrected chi connectivity index (χ3v) is 4.75. The molecule has 0 aliphatic heterocycles. The Morgan fingerprint density at radius 2 is 1.41 bits per heavy atom. The third kappa shape index (κ3) is 2.85. The molecule has 0 N–H and O–H groups in total. The Balaban J connectivity index is 2.16. The highest BCUT2D eigenvalue weighted by Crippen LogP contribution is 2.35. The van der Waals surface area contributed by atoms with E-state index in [1.165, 1.54) is 0 Å². The number of benzene rings is 3. The van der Waals surface area contributed by atoms with Gasteiger partial charge in [0.05, 0.1) is 5.02 Å². The van der Waals surface area contributed by atoms with Crippen LogP contribution in [0, 0.1) is 0 Å². The molecular formula is C19H12BrClO. The summed E-state index contributed by atoms with van der Waals surface area (Å²) in [5.41, 5.74) is 2.99. The second kappa shape index (κ2) is 6.47. The van der Waals surface area contributed by atoms with Gasteiger partial charge in [-0.2, -0.15) is 0 Å². The van der Waals surface area contributed by atoms with Crippen molar-refractivity contribution in [2.45, 2.75) is 0 Å². The van der Waals surface area contributed by atoms with E-state index >= 15 is 0 Å². The van der Waals surface area contributed by atoms with Crippen LogP contribution in [0.2, 0.25) is 5.02 Å². The molecule has 22 heavy (non-hydrogen) atoms. The number of ketones is 1. The van der Waals surface area contributed by atoms with Gasteiger partial charge in [0.1, 0.15) is 0 Å². The van der Waals surface area contributed by atoms with Crippen LogP contribution in [0.1, 0.15) is 15.9 Å². The Bertz CT molecular complexity index is 828. The van der Waals surface area contributed by atoms with Crippen molar-refractivity contribution in [2.75, 3.05) is 0 Å². The minimum atomic E-state index is -0.00718. The fraction of sp³-hybridized carbons (Fsp3) is 0. The molecule has 0 spiro atoms. The lowest BCUT2D eigenvalue weighted by Gasteiger charge is -2.11. The van der Waals surface area contributed by atoms with Crippen molar-refractivity contribution in [1.29, 1.82) is 0 Å². The Hall–Kier alpha value is -1.90. The normalized spacial score (nSPS) is 10.5. The molecule has 0 aromatic heterocycles. The zero-order valence-electron chi connectivity index (χ0n) is 11.6. The fourth-order valence-electron chi connectivity index (χ4n) is 2.37. The molecule has 0 radical (unpaired) electrons. The van der Waals surface area contributed by atoms with Crippen molar-refractivity contribution in [3.63, 3.8) is 0 Å². The van der Waals surface area contributed by atoms with E-state index in [1.54, 1.807) is 0 Å². The summed E-state index contributed by atoms with van der Waals surface area (Å²) in [5, 5.41) is 0.607. The van der Waals surface area contributed by atoms with E-state index in [9.17, 15) is 4.79 Å². The van der Waals surface area contributed by atoms with Crippen molar-refractivity contribution in [3.05, 3.63) is 93.4 Å². The molecule has 3 aromatic rings. The molecule has 108 valence electrons. The van der Waals surface area contributed by atoms with Gasteiger partial charge < -0.3 is 0 Å². The highest BCUT2D eigenvalue weighted by molar-refractivity contribution is 9.10. The van der Waals surface area contributed by atoms with E-state index in [0.29, 0.717) is 16.1 Å². The second-order valence-electron chi connectivity index (χ2n) is 4.84. The molecule has 0 saturated carbocycles. The van der Waals surface area contributed by atoms with E-state index in [2.05, 4.69) is 15.9 Å². The lowest BCUT2D eigenvalue weighted by Crippen LogP contribution is -2.03. The number of carbonyl (C=O) groups is 1. The fourth-order valence-corrected chi connectivity index (χ4v) is 2.97. The van der Waals surface area contributed by atoms with Gasteiger partial charge in [-0.05, 0) is 27.6 Å². The van der Waals surface area contributed by atoms with Crippen molar-refractivity contribution in [2.24, 2.45) is 0 Å². The summed E-state index contributed by atoms with van der Waals surface area (Å²) in [6.45, 7) is 0. The van der Waals surface area contributed by atoms with E-state index in [-0.39, 0.29) is 5.78 Å². The Morgan fingerprint density at radius 1 is 0.773 bits per heavy atom. The first-order valence-electron chi connectivity index (χ1n) is 6.81. The maximum absolute atomic E-state index is 12.8. The Labute approximate surface area is 142 Å². The Kier molecular flexibility index (Phi) is 4.41. The topological polar surface area (TPSA) is 17.1 Å². The number of hydrogen-bond acceptors (Lipinski definition) is 1. The first kappa shape index (κ1) is 15.0. The van der Waals surface area contributed by atoms with Crippen LogP contribution in [0.25, 0.3) is 11.1 Å². The summed E-state index contributed by atoms with van der Waals surface area (Å²) in [4.78, 5) is 12.8. The molecule has 3 heteroatoms. The molecule has 1 nitrogen and oxygen atoms in total. The van der Waals surface area contributed by atoms with Crippen LogP contribution in [-0.4, -0.2) is 5.78 Å². The van der Waals surface area contributed by atoms with Crippen LogP contribution < -0.4 is 0 Å². The van der Waals surface area contributed by atoms with Crippen LogP contribution >= 0.6 is 27.5 Å². The largest absolute Gasteiger partial charge is 0.289 e. The van der Waals surface area contributed by atoms with Crippen LogP contribution in [0.4, 0.5) is 0 Å². The van der Waals surface area contributed by atoms with Crippen molar-refractivity contribution in [3.8, 4) is 11.1 Å². The molecule has 0 fully saturated rings. The lowest BCUT2D eigenvalue weighted by molar-refractivity contribution is 0.103. The predicted octanol–water partition coefficient (Wildman–Crippen LogP) is 6.00.